The fraction of sp³-hybridized carbons (Fsp3) is 0. The number of benzene rings is 9. The number of hydrogen-bond acceptors (Lipinski definition) is 1. The van der Waals surface area contributed by atoms with Crippen LogP contribution >= 0.6 is 0 Å². The molecule has 10 aromatic rings. The maximum atomic E-state index is 2.40. The Kier molecular flexibility index (Phi) is 8.55. The standard InChI is InChI=1S/C54H38N2/c1-4-16-39(17-5-1)43-22-14-24-46(36-43)55(47-25-15-23-44(37-47)40-18-6-2-7-19-40)45-32-30-42(31-33-45)49-35-34-48(38-52(49)41-20-8-3-9-21-41)56-53-28-12-10-26-50(53)51-27-11-13-29-54(51)56/h1-38H. The highest BCUT2D eigenvalue weighted by molar-refractivity contribution is 6.09. The third kappa shape index (κ3) is 6.14. The molecule has 1 aromatic heterocycles. The Morgan fingerprint density at radius 1 is 0.268 bits per heavy atom. The average Bonchev–Trinajstić information content (AvgIpc) is 3.62. The first kappa shape index (κ1) is 33.2. The first-order chi connectivity index (χ1) is 27.8. The summed E-state index contributed by atoms with van der Waals surface area (Å²) in [5.41, 5.74) is 16.3. The maximum Gasteiger partial charge on any atom is 0.0541 e. The van der Waals surface area contributed by atoms with Crippen molar-refractivity contribution >= 4 is 38.9 Å². The topological polar surface area (TPSA) is 8.17 Å². The van der Waals surface area contributed by atoms with Gasteiger partial charge in [-0.25, -0.2) is 0 Å². The Bertz CT molecular complexity index is 2810. The van der Waals surface area contributed by atoms with Gasteiger partial charge >= 0.3 is 0 Å². The third-order valence-corrected chi connectivity index (χ3v) is 10.8. The quantitative estimate of drug-likeness (QED) is 0.152. The highest BCUT2D eigenvalue weighted by atomic mass is 15.1. The molecule has 0 saturated heterocycles. The summed E-state index contributed by atoms with van der Waals surface area (Å²) in [7, 11) is 0. The summed E-state index contributed by atoms with van der Waals surface area (Å²) >= 11 is 0. The lowest BCUT2D eigenvalue weighted by atomic mass is 9.93. The van der Waals surface area contributed by atoms with Gasteiger partial charge in [-0.15, -0.1) is 0 Å². The Hall–Kier alpha value is -7.42. The van der Waals surface area contributed by atoms with Crippen molar-refractivity contribution in [2.24, 2.45) is 0 Å². The normalized spacial score (nSPS) is 11.2. The molecule has 0 aliphatic rings. The van der Waals surface area contributed by atoms with Crippen LogP contribution in [0.3, 0.4) is 0 Å². The first-order valence-electron chi connectivity index (χ1n) is 19.2. The molecule has 2 heteroatoms. The van der Waals surface area contributed by atoms with Crippen molar-refractivity contribution in [3.63, 3.8) is 0 Å². The van der Waals surface area contributed by atoms with E-state index in [-0.39, 0.29) is 0 Å². The third-order valence-electron chi connectivity index (χ3n) is 10.8. The molecule has 0 spiro atoms. The minimum atomic E-state index is 1.09. The van der Waals surface area contributed by atoms with Gasteiger partial charge in [0.25, 0.3) is 0 Å². The van der Waals surface area contributed by atoms with Crippen LogP contribution in [-0.4, -0.2) is 4.57 Å². The lowest BCUT2D eigenvalue weighted by molar-refractivity contribution is 1.18. The molecule has 0 fully saturated rings. The molecular weight excluding hydrogens is 677 g/mol. The van der Waals surface area contributed by atoms with Gasteiger partial charge in [0.15, 0.2) is 0 Å². The van der Waals surface area contributed by atoms with Crippen LogP contribution in [-0.2, 0) is 0 Å². The summed E-state index contributed by atoms with van der Waals surface area (Å²) in [6, 6.07) is 83.0. The van der Waals surface area contributed by atoms with Crippen LogP contribution in [0.5, 0.6) is 0 Å². The monoisotopic (exact) mass is 714 g/mol. The summed E-state index contributed by atoms with van der Waals surface area (Å²) < 4.78 is 2.40. The van der Waals surface area contributed by atoms with Gasteiger partial charge in [0, 0.05) is 33.5 Å². The molecule has 264 valence electrons. The van der Waals surface area contributed by atoms with Crippen LogP contribution in [0.4, 0.5) is 17.1 Å². The molecule has 0 amide bonds. The zero-order chi connectivity index (χ0) is 37.3. The Balaban J connectivity index is 1.10. The van der Waals surface area contributed by atoms with Crippen LogP contribution in [0.25, 0.3) is 72.0 Å². The Labute approximate surface area is 327 Å². The van der Waals surface area contributed by atoms with E-state index in [0.717, 1.165) is 28.3 Å². The van der Waals surface area contributed by atoms with Crippen LogP contribution in [0.1, 0.15) is 0 Å². The van der Waals surface area contributed by atoms with Gasteiger partial charge in [-0.1, -0.05) is 170 Å². The summed E-state index contributed by atoms with van der Waals surface area (Å²) in [4.78, 5) is 2.37. The number of rotatable bonds is 8. The smallest absolute Gasteiger partial charge is 0.0541 e. The second kappa shape index (κ2) is 14.4. The van der Waals surface area contributed by atoms with E-state index in [9.17, 15) is 0 Å². The van der Waals surface area contributed by atoms with Gasteiger partial charge < -0.3 is 9.47 Å². The van der Waals surface area contributed by atoms with E-state index in [1.54, 1.807) is 0 Å². The molecule has 10 rings (SSSR count). The number of aromatic nitrogens is 1. The highest BCUT2D eigenvalue weighted by Gasteiger charge is 2.18. The minimum absolute atomic E-state index is 1.09. The van der Waals surface area contributed by atoms with Gasteiger partial charge in [-0.3, -0.25) is 0 Å². The number of hydrogen-bond donors (Lipinski definition) is 0. The van der Waals surface area contributed by atoms with E-state index in [1.165, 1.54) is 60.8 Å². The maximum absolute atomic E-state index is 2.40. The fourth-order valence-corrected chi connectivity index (χ4v) is 8.13. The summed E-state index contributed by atoms with van der Waals surface area (Å²) in [5.74, 6) is 0. The van der Waals surface area contributed by atoms with Crippen LogP contribution in [0.15, 0.2) is 231 Å². The summed E-state index contributed by atoms with van der Waals surface area (Å²) in [5, 5.41) is 2.52. The molecule has 0 radical (unpaired) electrons. The van der Waals surface area contributed by atoms with Gasteiger partial charge in [0.05, 0.1) is 11.0 Å². The van der Waals surface area contributed by atoms with E-state index in [0.29, 0.717) is 0 Å². The molecule has 1 heterocycles. The lowest BCUT2D eigenvalue weighted by Crippen LogP contribution is -2.10. The van der Waals surface area contributed by atoms with E-state index in [4.69, 9.17) is 0 Å². The van der Waals surface area contributed by atoms with E-state index >= 15 is 0 Å². The van der Waals surface area contributed by atoms with Crippen LogP contribution < -0.4 is 4.90 Å². The van der Waals surface area contributed by atoms with Crippen molar-refractivity contribution in [2.45, 2.75) is 0 Å². The molecule has 0 unspecified atom stereocenters. The number of fused-ring (bicyclic) bond motifs is 3. The van der Waals surface area contributed by atoms with Gasteiger partial charge in [0.2, 0.25) is 0 Å². The molecule has 0 saturated carbocycles. The number of anilines is 3. The number of para-hydroxylation sites is 2. The summed E-state index contributed by atoms with van der Waals surface area (Å²) in [6.07, 6.45) is 0. The van der Waals surface area contributed by atoms with Crippen molar-refractivity contribution in [1.82, 2.24) is 4.57 Å². The Morgan fingerprint density at radius 2 is 0.714 bits per heavy atom. The zero-order valence-electron chi connectivity index (χ0n) is 30.8. The summed E-state index contributed by atoms with van der Waals surface area (Å²) in [6.45, 7) is 0. The predicted molar refractivity (Wildman–Crippen MR) is 237 cm³/mol. The minimum Gasteiger partial charge on any atom is -0.310 e. The van der Waals surface area contributed by atoms with Gasteiger partial charge in [-0.05, 0) is 105 Å². The lowest BCUT2D eigenvalue weighted by Gasteiger charge is -2.27. The van der Waals surface area contributed by atoms with Gasteiger partial charge in [0.1, 0.15) is 0 Å². The molecule has 0 bridgehead atoms. The van der Waals surface area contributed by atoms with Gasteiger partial charge in [-0.2, -0.15) is 0 Å². The van der Waals surface area contributed by atoms with Crippen molar-refractivity contribution in [3.8, 4) is 50.2 Å². The Morgan fingerprint density at radius 3 is 1.25 bits per heavy atom. The molecule has 0 atom stereocenters. The average molecular weight is 715 g/mol. The molecular formula is C54H38N2. The molecule has 56 heavy (non-hydrogen) atoms. The molecule has 2 nitrogen and oxygen atoms in total. The van der Waals surface area contributed by atoms with Crippen molar-refractivity contribution in [2.75, 3.05) is 4.90 Å². The van der Waals surface area contributed by atoms with Crippen LogP contribution in [0, 0.1) is 0 Å². The first-order valence-corrected chi connectivity index (χ1v) is 19.2. The molecule has 0 aliphatic heterocycles. The zero-order valence-corrected chi connectivity index (χ0v) is 30.8. The van der Waals surface area contributed by atoms with Crippen molar-refractivity contribution < 1.29 is 0 Å². The highest BCUT2D eigenvalue weighted by Crippen LogP contribution is 2.41. The molecule has 0 N–H and O–H groups in total. The molecule has 9 aromatic carbocycles. The largest absolute Gasteiger partial charge is 0.310 e. The number of nitrogens with zero attached hydrogens (tertiary/aromatic N) is 2. The van der Waals surface area contributed by atoms with E-state index < -0.39 is 0 Å². The molecule has 0 aliphatic carbocycles. The van der Waals surface area contributed by atoms with Crippen molar-refractivity contribution in [1.29, 1.82) is 0 Å². The van der Waals surface area contributed by atoms with E-state index in [2.05, 4.69) is 240 Å². The second-order valence-corrected chi connectivity index (χ2v) is 14.2. The SMILES string of the molecule is c1ccc(-c2cccc(N(c3ccc(-c4ccc(-n5c6ccccc6c6ccccc65)cc4-c4ccccc4)cc3)c3cccc(-c4ccccc4)c3)c2)cc1. The van der Waals surface area contributed by atoms with Crippen molar-refractivity contribution in [3.05, 3.63) is 231 Å². The predicted octanol–water partition coefficient (Wildman–Crippen LogP) is 14.9. The van der Waals surface area contributed by atoms with Crippen LogP contribution in [0.2, 0.25) is 0 Å². The van der Waals surface area contributed by atoms with E-state index in [1.807, 2.05) is 0 Å². The fourth-order valence-electron chi connectivity index (χ4n) is 8.13. The second-order valence-electron chi connectivity index (χ2n) is 14.2.